The zero-order valence-electron chi connectivity index (χ0n) is 25.9. The normalized spacial score (nSPS) is 15.6. The Kier molecular flexibility index (Phi) is 11.3. The lowest BCUT2D eigenvalue weighted by molar-refractivity contribution is -0.121. The number of hydrogen-bond acceptors (Lipinski definition) is 7. The van der Waals surface area contributed by atoms with Crippen LogP contribution in [0.2, 0.25) is 10.0 Å². The Balaban J connectivity index is 1.41. The first-order valence-corrected chi connectivity index (χ1v) is 15.2. The predicted octanol–water partition coefficient (Wildman–Crippen LogP) is 6.60. The molecule has 46 heavy (non-hydrogen) atoms. The van der Waals surface area contributed by atoms with Crippen LogP contribution >= 0.6 is 23.2 Å². The first-order chi connectivity index (χ1) is 22.0. The van der Waals surface area contributed by atoms with E-state index < -0.39 is 23.8 Å². The molecule has 1 fully saturated rings. The number of anilines is 2. The molecule has 0 saturated carbocycles. The van der Waals surface area contributed by atoms with Crippen LogP contribution in [0, 0.1) is 0 Å². The highest BCUT2D eigenvalue weighted by Crippen LogP contribution is 2.39. The van der Waals surface area contributed by atoms with Crippen molar-refractivity contribution in [3.63, 3.8) is 0 Å². The minimum Gasteiger partial charge on any atom is -0.493 e. The van der Waals surface area contributed by atoms with Crippen molar-refractivity contribution in [2.24, 2.45) is 5.10 Å². The van der Waals surface area contributed by atoms with Crippen molar-refractivity contribution in [1.29, 1.82) is 0 Å². The first-order valence-electron chi connectivity index (χ1n) is 14.4. The van der Waals surface area contributed by atoms with Crippen LogP contribution < -0.4 is 25.1 Å². The Morgan fingerprint density at radius 1 is 1.00 bits per heavy atom. The Morgan fingerprint density at radius 2 is 1.70 bits per heavy atom. The number of urea groups is 2. The van der Waals surface area contributed by atoms with Crippen molar-refractivity contribution in [3.8, 4) is 11.5 Å². The number of unbranched alkanes of at least 4 members (excludes halogenated alkanes) is 1. The highest BCUT2D eigenvalue weighted by atomic mass is 35.5. The number of benzene rings is 3. The van der Waals surface area contributed by atoms with Crippen molar-refractivity contribution in [2.75, 3.05) is 31.0 Å². The Labute approximate surface area is 277 Å². The van der Waals surface area contributed by atoms with Gasteiger partial charge in [0.1, 0.15) is 0 Å². The molecule has 3 N–H and O–H groups in total. The molecule has 14 heteroatoms. The first kappa shape index (κ1) is 34.4. The molecule has 1 saturated heterocycles. The molecular formula is C32H36Cl2N6O6. The van der Waals surface area contributed by atoms with Gasteiger partial charge in [-0.2, -0.15) is 10.2 Å². The number of methoxy groups -OCH3 is 2. The van der Waals surface area contributed by atoms with E-state index in [4.69, 9.17) is 32.7 Å². The number of amides is 5. The van der Waals surface area contributed by atoms with Gasteiger partial charge in [0.25, 0.3) is 0 Å². The summed E-state index contributed by atoms with van der Waals surface area (Å²) in [5.74, 6) is 0.832. The van der Waals surface area contributed by atoms with Crippen molar-refractivity contribution >= 4 is 58.8 Å². The van der Waals surface area contributed by atoms with E-state index in [9.17, 15) is 19.6 Å². The number of nitrogens with one attached hydrogen (secondary N) is 2. The zero-order chi connectivity index (χ0) is 33.4. The molecule has 5 amide bonds. The highest BCUT2D eigenvalue weighted by Gasteiger charge is 2.55. The summed E-state index contributed by atoms with van der Waals surface area (Å²) in [6.07, 6.45) is 1.46. The number of ether oxygens (including phenoxy) is 2. The molecule has 1 atom stereocenters. The molecule has 4 rings (SSSR count). The van der Waals surface area contributed by atoms with Crippen LogP contribution in [-0.4, -0.2) is 71.8 Å². The van der Waals surface area contributed by atoms with E-state index in [0.29, 0.717) is 56.4 Å². The monoisotopic (exact) mass is 670 g/mol. The third-order valence-corrected chi connectivity index (χ3v) is 7.93. The molecule has 0 bridgehead atoms. The standard InChI is InChI=1S/C32H36Cl2N6O6/c1-32(2)29(40(44)30(42)36-24-11-7-9-22(33)18-24)39(25-12-8-10-23(34)19-25)31(43)38(32)16-6-5-13-28(41)37-35-20-21-14-15-26(45-3)27(17-21)46-4/h7-12,14-15,17-20,29,44H,5-6,13,16H2,1-4H3,(H,36,42)(H,37,41)/b35-20-/t29-/m0/s1. The van der Waals surface area contributed by atoms with E-state index in [2.05, 4.69) is 15.8 Å². The highest BCUT2D eigenvalue weighted by molar-refractivity contribution is 6.31. The fourth-order valence-electron chi connectivity index (χ4n) is 5.19. The van der Waals surface area contributed by atoms with Gasteiger partial charge in [0, 0.05) is 34.4 Å². The lowest BCUT2D eigenvalue weighted by atomic mass is 9.99. The van der Waals surface area contributed by atoms with Gasteiger partial charge in [0.15, 0.2) is 17.7 Å². The Morgan fingerprint density at radius 3 is 2.37 bits per heavy atom. The van der Waals surface area contributed by atoms with E-state index in [1.807, 2.05) is 0 Å². The minimum absolute atomic E-state index is 0.168. The number of nitrogens with zero attached hydrogens (tertiary/aromatic N) is 4. The summed E-state index contributed by atoms with van der Waals surface area (Å²) in [6, 6.07) is 17.0. The fraction of sp³-hybridized carbons (Fsp3) is 0.312. The Bertz CT molecular complexity index is 1600. The largest absolute Gasteiger partial charge is 0.493 e. The topological polar surface area (TPSA) is 136 Å². The molecule has 3 aromatic carbocycles. The molecule has 0 spiro atoms. The second kappa shape index (κ2) is 15.2. The average Bonchev–Trinajstić information content (AvgIpc) is 3.22. The third-order valence-electron chi connectivity index (χ3n) is 7.46. The van der Waals surface area contributed by atoms with Gasteiger partial charge in [0.05, 0.1) is 26.0 Å². The number of carbonyl (C=O) groups is 3. The van der Waals surface area contributed by atoms with Crippen LogP contribution in [0.1, 0.15) is 38.7 Å². The predicted molar refractivity (Wildman–Crippen MR) is 177 cm³/mol. The third kappa shape index (κ3) is 8.00. The molecule has 3 aromatic rings. The molecule has 1 aliphatic heterocycles. The van der Waals surface area contributed by atoms with Crippen LogP contribution in [-0.2, 0) is 4.79 Å². The second-order valence-electron chi connectivity index (χ2n) is 11.0. The maximum atomic E-state index is 13.9. The van der Waals surface area contributed by atoms with Crippen LogP contribution in [0.5, 0.6) is 11.5 Å². The number of hydrogen-bond donors (Lipinski definition) is 3. The fourth-order valence-corrected chi connectivity index (χ4v) is 5.56. The van der Waals surface area contributed by atoms with Gasteiger partial charge in [-0.05, 0) is 86.8 Å². The van der Waals surface area contributed by atoms with Crippen molar-refractivity contribution in [1.82, 2.24) is 15.4 Å². The summed E-state index contributed by atoms with van der Waals surface area (Å²) in [4.78, 5) is 42.4. The smallest absolute Gasteiger partial charge is 0.347 e. The zero-order valence-corrected chi connectivity index (χ0v) is 27.4. The average molecular weight is 672 g/mol. The summed E-state index contributed by atoms with van der Waals surface area (Å²) in [5.41, 5.74) is 2.93. The molecule has 0 unspecified atom stereocenters. The number of rotatable bonds is 12. The second-order valence-corrected chi connectivity index (χ2v) is 11.8. The number of halogens is 2. The van der Waals surface area contributed by atoms with Crippen LogP contribution in [0.3, 0.4) is 0 Å². The van der Waals surface area contributed by atoms with Gasteiger partial charge in [-0.3, -0.25) is 14.9 Å². The van der Waals surface area contributed by atoms with Crippen molar-refractivity contribution in [2.45, 2.75) is 44.8 Å². The van der Waals surface area contributed by atoms with E-state index >= 15 is 0 Å². The minimum atomic E-state index is -1.13. The van der Waals surface area contributed by atoms with E-state index in [1.165, 1.54) is 24.3 Å². The molecule has 1 heterocycles. The molecule has 0 aliphatic carbocycles. The maximum Gasteiger partial charge on any atom is 0.347 e. The Hall–Kier alpha value is -4.52. The summed E-state index contributed by atoms with van der Waals surface area (Å²) in [5, 5.41) is 19.2. The number of hydrazone groups is 1. The van der Waals surface area contributed by atoms with Crippen LogP contribution in [0.15, 0.2) is 71.8 Å². The van der Waals surface area contributed by atoms with Gasteiger partial charge in [-0.1, -0.05) is 35.3 Å². The van der Waals surface area contributed by atoms with Crippen molar-refractivity contribution < 1.29 is 29.1 Å². The maximum absolute atomic E-state index is 13.9. The molecule has 1 aliphatic rings. The van der Waals surface area contributed by atoms with Gasteiger partial charge < -0.3 is 19.7 Å². The van der Waals surface area contributed by atoms with E-state index in [-0.39, 0.29) is 18.9 Å². The molecule has 244 valence electrons. The number of hydroxylamine groups is 2. The summed E-state index contributed by atoms with van der Waals surface area (Å²) < 4.78 is 10.5. The van der Waals surface area contributed by atoms with Gasteiger partial charge >= 0.3 is 12.1 Å². The van der Waals surface area contributed by atoms with E-state index in [0.717, 1.165) is 0 Å². The summed E-state index contributed by atoms with van der Waals surface area (Å²) >= 11 is 12.3. The molecule has 12 nitrogen and oxygen atoms in total. The summed E-state index contributed by atoms with van der Waals surface area (Å²) in [7, 11) is 3.08. The van der Waals surface area contributed by atoms with Crippen LogP contribution in [0.4, 0.5) is 21.0 Å². The lowest BCUT2D eigenvalue weighted by Gasteiger charge is -2.38. The van der Waals surface area contributed by atoms with Crippen LogP contribution in [0.25, 0.3) is 0 Å². The van der Waals surface area contributed by atoms with Crippen molar-refractivity contribution in [3.05, 3.63) is 82.3 Å². The van der Waals surface area contributed by atoms with Gasteiger partial charge in [0.2, 0.25) is 5.91 Å². The molecule has 0 radical (unpaired) electrons. The van der Waals surface area contributed by atoms with Gasteiger partial charge in [-0.25, -0.2) is 15.0 Å². The van der Waals surface area contributed by atoms with E-state index in [1.54, 1.807) is 86.5 Å². The lowest BCUT2D eigenvalue weighted by Crippen LogP contribution is -2.58. The number of carbonyl (C=O) groups excluding carboxylic acids is 3. The SMILES string of the molecule is COc1ccc(/C=N\NC(=O)CCCCN2C(=O)N(c3cccc(Cl)c3)[C@@H](N(O)C(=O)Nc3cccc(Cl)c3)C2(C)C)cc1OC. The molecular weight excluding hydrogens is 635 g/mol. The summed E-state index contributed by atoms with van der Waals surface area (Å²) in [6.45, 7) is 3.77. The quantitative estimate of drug-likeness (QED) is 0.0860. The molecule has 0 aromatic heterocycles. The van der Waals surface area contributed by atoms with Gasteiger partial charge in [-0.15, -0.1) is 0 Å².